The Kier molecular flexibility index (Phi) is 8.14. The van der Waals surface area contributed by atoms with Crippen molar-refractivity contribution >= 4 is 21.5 Å². The van der Waals surface area contributed by atoms with Crippen LogP contribution in [0.5, 0.6) is 5.75 Å². The van der Waals surface area contributed by atoms with Crippen molar-refractivity contribution in [3.63, 3.8) is 0 Å². The van der Waals surface area contributed by atoms with E-state index in [-0.39, 0.29) is 52.0 Å². The first-order valence-electron chi connectivity index (χ1n) is 12.5. The lowest BCUT2D eigenvalue weighted by molar-refractivity contribution is 0.0968. The van der Waals surface area contributed by atoms with E-state index in [9.17, 15) is 28.2 Å². The zero-order chi connectivity index (χ0) is 26.6. The van der Waals surface area contributed by atoms with E-state index >= 15 is 0 Å². The van der Waals surface area contributed by atoms with Crippen molar-refractivity contribution in [3.8, 4) is 5.75 Å². The molecule has 4 rings (SSSR count). The number of hydrogen-bond acceptors (Lipinski definition) is 7. The van der Waals surface area contributed by atoms with Gasteiger partial charge in [-0.3, -0.25) is 9.52 Å². The van der Waals surface area contributed by atoms with Gasteiger partial charge >= 0.3 is 5.63 Å². The van der Waals surface area contributed by atoms with Gasteiger partial charge in [-0.15, -0.1) is 0 Å². The Balaban J connectivity index is 1.74. The SMILES string of the molecule is CCCC(c1cccc(NS(=O)(=O)c2cccc(CO)c2)c1)c1c(O)c2c(oc1=O)CCCCCC2=O. The van der Waals surface area contributed by atoms with Crippen LogP contribution in [0.15, 0.2) is 62.6 Å². The summed E-state index contributed by atoms with van der Waals surface area (Å²) in [5.41, 5.74) is 0.776. The average molecular weight is 526 g/mol. The fourth-order valence-corrected chi connectivity index (χ4v) is 5.95. The normalized spacial score (nSPS) is 14.9. The Bertz CT molecular complexity index is 1460. The van der Waals surface area contributed by atoms with Crippen LogP contribution in [-0.2, 0) is 23.1 Å². The molecule has 0 radical (unpaired) electrons. The molecular formula is C28H31NO7S. The lowest BCUT2D eigenvalue weighted by Crippen LogP contribution is -2.20. The fraction of sp³-hybridized carbons (Fsp3) is 0.357. The van der Waals surface area contributed by atoms with Crippen LogP contribution < -0.4 is 10.3 Å². The topological polar surface area (TPSA) is 134 Å². The number of benzene rings is 2. The molecule has 0 saturated carbocycles. The van der Waals surface area contributed by atoms with Crippen molar-refractivity contribution in [2.75, 3.05) is 4.72 Å². The van der Waals surface area contributed by atoms with Crippen LogP contribution in [0.2, 0.25) is 0 Å². The Hall–Kier alpha value is -3.43. The molecule has 0 amide bonds. The molecule has 196 valence electrons. The molecule has 0 fully saturated rings. The lowest BCUT2D eigenvalue weighted by Gasteiger charge is -2.21. The maximum Gasteiger partial charge on any atom is 0.343 e. The van der Waals surface area contributed by atoms with Crippen molar-refractivity contribution in [1.29, 1.82) is 0 Å². The molecule has 8 nitrogen and oxygen atoms in total. The number of rotatable bonds is 8. The molecule has 0 saturated heterocycles. The fourth-order valence-electron chi connectivity index (χ4n) is 4.84. The monoisotopic (exact) mass is 525 g/mol. The molecule has 2 aromatic carbocycles. The molecule has 1 unspecified atom stereocenters. The van der Waals surface area contributed by atoms with Crippen molar-refractivity contribution < 1.29 is 27.8 Å². The zero-order valence-electron chi connectivity index (χ0n) is 20.7. The predicted molar refractivity (Wildman–Crippen MR) is 140 cm³/mol. The third kappa shape index (κ3) is 5.78. The minimum absolute atomic E-state index is 0.00744. The lowest BCUT2D eigenvalue weighted by atomic mass is 9.85. The van der Waals surface area contributed by atoms with E-state index in [0.717, 1.165) is 12.8 Å². The van der Waals surface area contributed by atoms with Crippen LogP contribution in [0.25, 0.3) is 0 Å². The maximum atomic E-state index is 13.1. The van der Waals surface area contributed by atoms with E-state index in [0.29, 0.717) is 36.8 Å². The van der Waals surface area contributed by atoms with Crippen molar-refractivity contribution in [1.82, 2.24) is 0 Å². The number of aromatic hydroxyl groups is 1. The third-order valence-electron chi connectivity index (χ3n) is 6.65. The van der Waals surface area contributed by atoms with E-state index in [2.05, 4.69) is 4.72 Å². The summed E-state index contributed by atoms with van der Waals surface area (Å²) in [7, 11) is -3.94. The van der Waals surface area contributed by atoms with Gasteiger partial charge in [0.1, 0.15) is 11.5 Å². The first-order valence-corrected chi connectivity index (χ1v) is 14.0. The van der Waals surface area contributed by atoms with Gasteiger partial charge in [0.05, 0.1) is 22.6 Å². The first kappa shape index (κ1) is 26.6. The van der Waals surface area contributed by atoms with E-state index < -0.39 is 21.6 Å². The third-order valence-corrected chi connectivity index (χ3v) is 8.03. The minimum Gasteiger partial charge on any atom is -0.506 e. The summed E-state index contributed by atoms with van der Waals surface area (Å²) in [6, 6.07) is 12.6. The average Bonchev–Trinajstić information content (AvgIpc) is 2.86. The largest absolute Gasteiger partial charge is 0.506 e. The number of aliphatic hydroxyl groups is 1. The predicted octanol–water partition coefficient (Wildman–Crippen LogP) is 4.87. The van der Waals surface area contributed by atoms with Gasteiger partial charge in [-0.1, -0.05) is 44.0 Å². The Labute approximate surface area is 216 Å². The molecular weight excluding hydrogens is 494 g/mol. The van der Waals surface area contributed by atoms with Gasteiger partial charge in [0.2, 0.25) is 0 Å². The van der Waals surface area contributed by atoms with Crippen molar-refractivity contribution in [3.05, 3.63) is 87.0 Å². The number of anilines is 1. The molecule has 37 heavy (non-hydrogen) atoms. The number of fused-ring (bicyclic) bond motifs is 1. The van der Waals surface area contributed by atoms with Crippen LogP contribution >= 0.6 is 0 Å². The summed E-state index contributed by atoms with van der Waals surface area (Å²) in [6.45, 7) is 1.65. The number of carbonyl (C=O) groups is 1. The van der Waals surface area contributed by atoms with Crippen molar-refractivity contribution in [2.45, 2.75) is 69.3 Å². The van der Waals surface area contributed by atoms with Crippen LogP contribution in [0.1, 0.15) is 84.2 Å². The number of carbonyl (C=O) groups excluding carboxylic acids is 1. The Morgan fingerprint density at radius 3 is 2.54 bits per heavy atom. The second kappa shape index (κ2) is 11.3. The molecule has 1 heterocycles. The summed E-state index contributed by atoms with van der Waals surface area (Å²) < 4.78 is 34.1. The number of nitrogens with one attached hydrogen (secondary N) is 1. The van der Waals surface area contributed by atoms with E-state index in [4.69, 9.17) is 4.42 Å². The smallest absolute Gasteiger partial charge is 0.343 e. The van der Waals surface area contributed by atoms with Gasteiger partial charge in [-0.05, 0) is 54.7 Å². The van der Waals surface area contributed by atoms with Gasteiger partial charge in [-0.25, -0.2) is 13.2 Å². The minimum atomic E-state index is -3.94. The molecule has 3 N–H and O–H groups in total. The van der Waals surface area contributed by atoms with Crippen LogP contribution in [0.3, 0.4) is 0 Å². The maximum absolute atomic E-state index is 13.1. The quantitative estimate of drug-likeness (QED) is 0.382. The van der Waals surface area contributed by atoms with Crippen LogP contribution in [-0.4, -0.2) is 24.4 Å². The van der Waals surface area contributed by atoms with Gasteiger partial charge in [0, 0.05) is 24.4 Å². The highest BCUT2D eigenvalue weighted by atomic mass is 32.2. The molecule has 0 bridgehead atoms. The molecule has 1 aromatic heterocycles. The Morgan fingerprint density at radius 1 is 1.03 bits per heavy atom. The second-order valence-corrected chi connectivity index (χ2v) is 11.0. The number of sulfonamides is 1. The van der Waals surface area contributed by atoms with Crippen molar-refractivity contribution in [2.24, 2.45) is 0 Å². The molecule has 0 spiro atoms. The van der Waals surface area contributed by atoms with Crippen LogP contribution in [0.4, 0.5) is 5.69 Å². The zero-order valence-corrected chi connectivity index (χ0v) is 21.5. The van der Waals surface area contributed by atoms with Crippen LogP contribution in [0, 0.1) is 0 Å². The molecule has 1 atom stereocenters. The van der Waals surface area contributed by atoms with Gasteiger partial charge in [0.25, 0.3) is 10.0 Å². The summed E-state index contributed by atoms with van der Waals surface area (Å²) in [4.78, 5) is 25.9. The Morgan fingerprint density at radius 2 is 1.78 bits per heavy atom. The number of Topliss-reactive ketones (excluding diaryl/α,β-unsaturated/α-hetero) is 1. The standard InChI is InChI=1S/C28H31NO7S/c1-2-8-22(25-27(32)26-23(31)13-4-3-5-14-24(26)36-28(25)33)19-10-7-11-20(16-19)29-37(34,35)21-12-6-9-18(15-21)17-30/h6-7,9-12,15-16,22,29-30,32H,2-5,8,13-14,17H2,1H3. The summed E-state index contributed by atoms with van der Waals surface area (Å²) in [6.07, 6.45) is 4.16. The van der Waals surface area contributed by atoms with Gasteiger partial charge < -0.3 is 14.6 Å². The molecule has 9 heteroatoms. The molecule has 1 aliphatic rings. The first-order chi connectivity index (χ1) is 17.7. The second-order valence-electron chi connectivity index (χ2n) is 9.31. The van der Waals surface area contributed by atoms with E-state index in [1.54, 1.807) is 36.4 Å². The van der Waals surface area contributed by atoms with E-state index in [1.807, 2.05) is 6.92 Å². The highest BCUT2D eigenvalue weighted by Gasteiger charge is 2.30. The molecule has 0 aliphatic heterocycles. The highest BCUT2D eigenvalue weighted by Crippen LogP contribution is 2.38. The number of aryl methyl sites for hydroxylation is 1. The van der Waals surface area contributed by atoms with Gasteiger partial charge in [-0.2, -0.15) is 0 Å². The highest BCUT2D eigenvalue weighted by molar-refractivity contribution is 7.92. The number of aliphatic hydroxyl groups excluding tert-OH is 1. The summed E-state index contributed by atoms with van der Waals surface area (Å²) in [5, 5.41) is 20.6. The summed E-state index contributed by atoms with van der Waals surface area (Å²) >= 11 is 0. The summed E-state index contributed by atoms with van der Waals surface area (Å²) in [5.74, 6) is -0.938. The van der Waals surface area contributed by atoms with E-state index in [1.165, 1.54) is 12.1 Å². The molecule has 3 aromatic rings. The number of hydrogen-bond donors (Lipinski definition) is 3. The van der Waals surface area contributed by atoms with Gasteiger partial charge in [0.15, 0.2) is 5.78 Å². The number of ketones is 1. The molecule has 1 aliphatic carbocycles.